The Balaban J connectivity index is 2.11. The van der Waals surface area contributed by atoms with E-state index >= 15 is 0 Å². The van der Waals surface area contributed by atoms with Crippen molar-refractivity contribution in [3.05, 3.63) is 0 Å². The number of hydrogen-bond acceptors (Lipinski definition) is 5. The third kappa shape index (κ3) is 1.92. The Kier molecular flexibility index (Phi) is 2.47. The van der Waals surface area contributed by atoms with Gasteiger partial charge >= 0.3 is 0 Å². The number of oxime groups is 1. The third-order valence-corrected chi connectivity index (χ3v) is 2.13. The van der Waals surface area contributed by atoms with Gasteiger partial charge in [-0.1, -0.05) is 5.16 Å². The van der Waals surface area contributed by atoms with Crippen LogP contribution in [0.25, 0.3) is 0 Å². The monoisotopic (exact) mass is 194 g/mol. The van der Waals surface area contributed by atoms with Gasteiger partial charge in [-0.3, -0.25) is 4.99 Å². The first-order valence-corrected chi connectivity index (χ1v) is 4.89. The predicted octanol–water partition coefficient (Wildman–Crippen LogP) is 0.558. The van der Waals surface area contributed by atoms with Crippen LogP contribution in [0.1, 0.15) is 19.8 Å². The van der Waals surface area contributed by atoms with E-state index in [1.165, 1.54) is 0 Å². The fraction of sp³-hybridized carbons (Fsp3) is 0.667. The second-order valence-electron chi connectivity index (χ2n) is 3.41. The molecule has 2 N–H and O–H groups in total. The molecule has 76 valence electrons. The van der Waals surface area contributed by atoms with Gasteiger partial charge in [0.2, 0.25) is 0 Å². The first-order valence-electron chi connectivity index (χ1n) is 4.89. The molecule has 1 aliphatic carbocycles. The van der Waals surface area contributed by atoms with Crippen molar-refractivity contribution in [2.75, 3.05) is 13.2 Å². The van der Waals surface area contributed by atoms with E-state index in [1.807, 2.05) is 6.92 Å². The summed E-state index contributed by atoms with van der Waals surface area (Å²) in [6.07, 6.45) is 2.31. The summed E-state index contributed by atoms with van der Waals surface area (Å²) in [6.45, 7) is 2.97. The molecule has 14 heavy (non-hydrogen) atoms. The maximum Gasteiger partial charge on any atom is 0.175 e. The first kappa shape index (κ1) is 9.18. The zero-order valence-electron chi connectivity index (χ0n) is 8.23. The summed E-state index contributed by atoms with van der Waals surface area (Å²) in [4.78, 5) is 13.4. The minimum atomic E-state index is 0.481. The van der Waals surface area contributed by atoms with Crippen LogP contribution in [0.4, 0.5) is 0 Å². The topological polar surface area (TPSA) is 72.3 Å². The average Bonchev–Trinajstić information content (AvgIpc) is 2.91. The molecule has 1 aliphatic heterocycles. The van der Waals surface area contributed by atoms with Crippen molar-refractivity contribution in [2.24, 2.45) is 26.8 Å². The highest BCUT2D eigenvalue weighted by Gasteiger charge is 2.32. The van der Waals surface area contributed by atoms with Crippen LogP contribution in [0.3, 0.4) is 0 Å². The molecule has 0 aromatic rings. The molecule has 1 fully saturated rings. The molecule has 1 heterocycles. The summed E-state index contributed by atoms with van der Waals surface area (Å²) >= 11 is 0. The molecule has 1 saturated carbocycles. The maximum atomic E-state index is 5.55. The molecule has 0 amide bonds. The van der Waals surface area contributed by atoms with E-state index in [0.717, 1.165) is 18.6 Å². The molecule has 0 atom stereocenters. The minimum absolute atomic E-state index is 0.481. The van der Waals surface area contributed by atoms with E-state index in [2.05, 4.69) is 15.1 Å². The summed E-state index contributed by atoms with van der Waals surface area (Å²) in [7, 11) is 0. The molecular formula is C9H14N4O. The molecule has 0 saturated heterocycles. The smallest absolute Gasteiger partial charge is 0.175 e. The number of amidine groups is 2. The molecular weight excluding hydrogens is 180 g/mol. The van der Waals surface area contributed by atoms with Crippen molar-refractivity contribution in [3.8, 4) is 0 Å². The third-order valence-electron chi connectivity index (χ3n) is 2.13. The van der Waals surface area contributed by atoms with Crippen molar-refractivity contribution in [1.29, 1.82) is 0 Å². The standard InChI is InChI=1S/C9H14N4O/c1-2-14-13-8(6-3-4-6)9-11-5-7(10)12-9/h6H,2-5H2,1H3,(H2,10,11,12)/b13-8+. The van der Waals surface area contributed by atoms with Crippen molar-refractivity contribution < 1.29 is 4.84 Å². The van der Waals surface area contributed by atoms with Crippen LogP contribution in [-0.2, 0) is 4.84 Å². The highest BCUT2D eigenvalue weighted by atomic mass is 16.6. The molecule has 0 radical (unpaired) electrons. The van der Waals surface area contributed by atoms with E-state index < -0.39 is 0 Å². The normalized spacial score (nSPS) is 21.9. The molecule has 5 nitrogen and oxygen atoms in total. The largest absolute Gasteiger partial charge is 0.396 e. The average molecular weight is 194 g/mol. The highest BCUT2D eigenvalue weighted by molar-refractivity contribution is 6.45. The molecule has 0 unspecified atom stereocenters. The molecule has 0 aromatic carbocycles. The van der Waals surface area contributed by atoms with Gasteiger partial charge in [0.05, 0.1) is 6.54 Å². The van der Waals surface area contributed by atoms with Gasteiger partial charge in [0.1, 0.15) is 18.2 Å². The van der Waals surface area contributed by atoms with E-state index in [-0.39, 0.29) is 0 Å². The minimum Gasteiger partial charge on any atom is -0.396 e. The van der Waals surface area contributed by atoms with Crippen LogP contribution in [0.5, 0.6) is 0 Å². The fourth-order valence-corrected chi connectivity index (χ4v) is 1.29. The zero-order chi connectivity index (χ0) is 9.97. The number of hydrogen-bond donors (Lipinski definition) is 1. The van der Waals surface area contributed by atoms with Gasteiger partial charge in [-0.05, 0) is 19.8 Å². The van der Waals surface area contributed by atoms with Crippen LogP contribution < -0.4 is 5.73 Å². The Bertz CT molecular complexity index is 315. The summed E-state index contributed by atoms with van der Waals surface area (Å²) in [5.74, 6) is 1.71. The fourth-order valence-electron chi connectivity index (χ4n) is 1.29. The molecule has 5 heteroatoms. The van der Waals surface area contributed by atoms with Gasteiger partial charge in [-0.15, -0.1) is 0 Å². The summed E-state index contributed by atoms with van der Waals surface area (Å²) in [6, 6.07) is 0. The first-order chi connectivity index (χ1) is 6.81. The number of nitrogens with two attached hydrogens (primary N) is 1. The van der Waals surface area contributed by atoms with Crippen molar-refractivity contribution in [2.45, 2.75) is 19.8 Å². The Hall–Kier alpha value is -1.39. The quantitative estimate of drug-likeness (QED) is 0.524. The van der Waals surface area contributed by atoms with E-state index in [1.54, 1.807) is 0 Å². The zero-order valence-corrected chi connectivity index (χ0v) is 8.23. The van der Waals surface area contributed by atoms with Gasteiger partial charge in [-0.2, -0.15) is 0 Å². The predicted molar refractivity (Wildman–Crippen MR) is 55.7 cm³/mol. The Labute approximate surface area is 82.7 Å². The van der Waals surface area contributed by atoms with Gasteiger partial charge in [0.25, 0.3) is 0 Å². The Morgan fingerprint density at radius 1 is 1.64 bits per heavy atom. The summed E-state index contributed by atoms with van der Waals surface area (Å²) < 4.78 is 0. The van der Waals surface area contributed by atoms with E-state index in [4.69, 9.17) is 10.6 Å². The number of aliphatic imine (C=N–C) groups is 2. The van der Waals surface area contributed by atoms with Crippen molar-refractivity contribution >= 4 is 17.4 Å². The lowest BCUT2D eigenvalue weighted by Gasteiger charge is -2.00. The second kappa shape index (κ2) is 3.77. The van der Waals surface area contributed by atoms with Crippen LogP contribution in [-0.4, -0.2) is 30.5 Å². The maximum absolute atomic E-state index is 5.55. The lowest BCUT2D eigenvalue weighted by atomic mass is 10.2. The van der Waals surface area contributed by atoms with Gasteiger partial charge in [0, 0.05) is 5.92 Å². The lowest BCUT2D eigenvalue weighted by molar-refractivity contribution is 0.158. The summed E-state index contributed by atoms with van der Waals surface area (Å²) in [5, 5.41) is 4.04. The van der Waals surface area contributed by atoms with Gasteiger partial charge in [0.15, 0.2) is 5.84 Å². The number of rotatable bonds is 4. The van der Waals surface area contributed by atoms with E-state index in [9.17, 15) is 0 Å². The lowest BCUT2D eigenvalue weighted by Crippen LogP contribution is -2.15. The van der Waals surface area contributed by atoms with Crippen molar-refractivity contribution in [3.63, 3.8) is 0 Å². The summed E-state index contributed by atoms with van der Waals surface area (Å²) in [5.41, 5.74) is 6.42. The Morgan fingerprint density at radius 3 is 2.93 bits per heavy atom. The second-order valence-corrected chi connectivity index (χ2v) is 3.41. The molecule has 0 spiro atoms. The van der Waals surface area contributed by atoms with Crippen LogP contribution in [0.15, 0.2) is 15.1 Å². The Morgan fingerprint density at radius 2 is 2.43 bits per heavy atom. The SMILES string of the molecule is CCO/N=C(/C1=NCC(N)=N1)C1CC1. The van der Waals surface area contributed by atoms with Crippen LogP contribution in [0, 0.1) is 5.92 Å². The number of nitrogens with zero attached hydrogens (tertiary/aromatic N) is 3. The molecule has 0 bridgehead atoms. The van der Waals surface area contributed by atoms with Crippen LogP contribution in [0.2, 0.25) is 0 Å². The van der Waals surface area contributed by atoms with Gasteiger partial charge in [-0.25, -0.2) is 4.99 Å². The van der Waals surface area contributed by atoms with Crippen molar-refractivity contribution in [1.82, 2.24) is 0 Å². The molecule has 0 aromatic heterocycles. The van der Waals surface area contributed by atoms with E-state index in [0.29, 0.717) is 30.7 Å². The molecule has 2 rings (SSSR count). The molecule has 2 aliphatic rings. The van der Waals surface area contributed by atoms with Gasteiger partial charge < -0.3 is 10.6 Å². The highest BCUT2D eigenvalue weighted by Crippen LogP contribution is 2.31. The van der Waals surface area contributed by atoms with Crippen LogP contribution >= 0.6 is 0 Å².